The van der Waals surface area contributed by atoms with Crippen molar-refractivity contribution in [3.05, 3.63) is 21.3 Å². The van der Waals surface area contributed by atoms with E-state index in [9.17, 15) is 4.79 Å². The lowest BCUT2D eigenvalue weighted by Gasteiger charge is -2.13. The molecule has 2 nitrogen and oxygen atoms in total. The van der Waals surface area contributed by atoms with E-state index in [0.29, 0.717) is 14.7 Å². The number of halogens is 2. The summed E-state index contributed by atoms with van der Waals surface area (Å²) in [6, 6.07) is 1.73. The predicted octanol–water partition coefficient (Wildman–Crippen LogP) is 3.01. The molecule has 0 aliphatic carbocycles. The Morgan fingerprint density at radius 3 is 3.00 bits per heavy atom. The molecule has 2 heterocycles. The summed E-state index contributed by atoms with van der Waals surface area (Å²) < 4.78 is 0.669. The predicted molar refractivity (Wildman–Crippen MR) is 62.6 cm³/mol. The molecule has 0 saturated carbocycles. The van der Waals surface area contributed by atoms with Gasteiger partial charge in [0.2, 0.25) is 0 Å². The Labute approximate surface area is 100.0 Å². The summed E-state index contributed by atoms with van der Waals surface area (Å²) in [4.78, 5) is 14.2. The van der Waals surface area contributed by atoms with Gasteiger partial charge in [-0.1, -0.05) is 27.5 Å². The maximum absolute atomic E-state index is 11.9. The second kappa shape index (κ2) is 4.21. The molecule has 1 aromatic rings. The Bertz CT molecular complexity index is 354. The Balaban J connectivity index is 2.09. The van der Waals surface area contributed by atoms with E-state index in [2.05, 4.69) is 15.9 Å². The lowest BCUT2D eigenvalue weighted by atomic mass is 10.3. The molecule has 1 aliphatic heterocycles. The first-order valence-corrected chi connectivity index (χ1v) is 6.51. The van der Waals surface area contributed by atoms with Crippen LogP contribution in [-0.4, -0.2) is 28.7 Å². The number of nitrogens with zero attached hydrogens (tertiary/aromatic N) is 1. The highest BCUT2D eigenvalue weighted by Gasteiger charge is 2.25. The van der Waals surface area contributed by atoms with Gasteiger partial charge in [-0.05, 0) is 12.5 Å². The quantitative estimate of drug-likeness (QED) is 0.729. The van der Waals surface area contributed by atoms with E-state index in [1.807, 2.05) is 10.3 Å². The minimum atomic E-state index is 0.0927. The Hall–Kier alpha value is -0.0600. The lowest BCUT2D eigenvalue weighted by molar-refractivity contribution is 0.0794. The highest BCUT2D eigenvalue weighted by Crippen LogP contribution is 2.24. The van der Waals surface area contributed by atoms with Crippen LogP contribution in [0.4, 0.5) is 0 Å². The molecule has 0 radical (unpaired) electrons. The molecule has 0 spiro atoms. The summed E-state index contributed by atoms with van der Waals surface area (Å²) in [5, 5.41) is 1.81. The van der Waals surface area contributed by atoms with Gasteiger partial charge in [0.15, 0.2) is 0 Å². The van der Waals surface area contributed by atoms with Crippen LogP contribution in [0.1, 0.15) is 16.8 Å². The van der Waals surface area contributed by atoms with Gasteiger partial charge >= 0.3 is 0 Å². The standard InChI is InChI=1S/C9H9BrClNOS/c10-7-1-2-12(4-7)9(13)6-3-8(11)14-5-6/h3,5,7H,1-2,4H2. The molecule has 1 atom stereocenters. The molecule has 76 valence electrons. The van der Waals surface area contributed by atoms with Crippen LogP contribution in [0.25, 0.3) is 0 Å². The Morgan fingerprint density at radius 1 is 1.71 bits per heavy atom. The van der Waals surface area contributed by atoms with E-state index < -0.39 is 0 Å². The van der Waals surface area contributed by atoms with E-state index >= 15 is 0 Å². The first kappa shape index (κ1) is 10.5. The first-order chi connectivity index (χ1) is 6.66. The molecule has 2 rings (SSSR count). The topological polar surface area (TPSA) is 20.3 Å². The average Bonchev–Trinajstić information content (AvgIpc) is 2.73. The molecule has 1 fully saturated rings. The van der Waals surface area contributed by atoms with Crippen LogP contribution in [0, 0.1) is 0 Å². The molecular weight excluding hydrogens is 286 g/mol. The van der Waals surface area contributed by atoms with Crippen LogP contribution in [0.2, 0.25) is 4.34 Å². The van der Waals surface area contributed by atoms with Crippen molar-refractivity contribution < 1.29 is 4.79 Å². The molecule has 1 aromatic heterocycles. The minimum absolute atomic E-state index is 0.0927. The van der Waals surface area contributed by atoms with E-state index in [1.54, 1.807) is 6.07 Å². The highest BCUT2D eigenvalue weighted by molar-refractivity contribution is 9.09. The fourth-order valence-corrected chi connectivity index (χ4v) is 2.92. The fraction of sp³-hybridized carbons (Fsp3) is 0.444. The number of rotatable bonds is 1. The van der Waals surface area contributed by atoms with Crippen molar-refractivity contribution in [1.82, 2.24) is 4.90 Å². The van der Waals surface area contributed by atoms with Crippen LogP contribution >= 0.6 is 38.9 Å². The largest absolute Gasteiger partial charge is 0.337 e. The van der Waals surface area contributed by atoms with Gasteiger partial charge in [0.1, 0.15) is 0 Å². The summed E-state index contributed by atoms with van der Waals surface area (Å²) in [7, 11) is 0. The van der Waals surface area contributed by atoms with Crippen molar-refractivity contribution >= 4 is 44.8 Å². The molecule has 1 amide bonds. The number of alkyl halides is 1. The van der Waals surface area contributed by atoms with Gasteiger partial charge in [0.25, 0.3) is 5.91 Å². The molecule has 0 aromatic carbocycles. The Kier molecular flexibility index (Phi) is 3.14. The summed E-state index contributed by atoms with van der Waals surface area (Å²) in [5.41, 5.74) is 0.710. The molecule has 14 heavy (non-hydrogen) atoms. The van der Waals surface area contributed by atoms with Crippen molar-refractivity contribution in [2.24, 2.45) is 0 Å². The average molecular weight is 295 g/mol. The van der Waals surface area contributed by atoms with E-state index in [-0.39, 0.29) is 5.91 Å². The van der Waals surface area contributed by atoms with Gasteiger partial charge in [0, 0.05) is 23.3 Å². The van der Waals surface area contributed by atoms with Crippen LogP contribution in [0.15, 0.2) is 11.4 Å². The second-order valence-corrected chi connectivity index (χ2v) is 6.11. The maximum atomic E-state index is 11.9. The molecule has 0 N–H and O–H groups in total. The van der Waals surface area contributed by atoms with E-state index in [1.165, 1.54) is 11.3 Å². The molecule has 0 bridgehead atoms. The van der Waals surface area contributed by atoms with Crippen molar-refractivity contribution in [1.29, 1.82) is 0 Å². The van der Waals surface area contributed by atoms with Crippen LogP contribution < -0.4 is 0 Å². The Morgan fingerprint density at radius 2 is 2.50 bits per heavy atom. The monoisotopic (exact) mass is 293 g/mol. The summed E-state index contributed by atoms with van der Waals surface area (Å²) in [6.45, 7) is 1.63. The zero-order valence-corrected chi connectivity index (χ0v) is 10.5. The SMILES string of the molecule is O=C(c1csc(Cl)c1)N1CCC(Br)C1. The third-order valence-corrected chi connectivity index (χ3v) is 4.07. The van der Waals surface area contributed by atoms with E-state index in [0.717, 1.165) is 19.5 Å². The summed E-state index contributed by atoms with van der Waals surface area (Å²) in [6.07, 6.45) is 1.03. The highest BCUT2D eigenvalue weighted by atomic mass is 79.9. The number of thiophene rings is 1. The maximum Gasteiger partial charge on any atom is 0.254 e. The van der Waals surface area contributed by atoms with E-state index in [4.69, 9.17) is 11.6 Å². The number of amides is 1. The van der Waals surface area contributed by atoms with Crippen LogP contribution in [0.5, 0.6) is 0 Å². The molecular formula is C9H9BrClNOS. The number of hydrogen-bond donors (Lipinski definition) is 0. The third-order valence-electron chi connectivity index (χ3n) is 2.23. The molecule has 1 saturated heterocycles. The molecule has 5 heteroatoms. The van der Waals surface area contributed by atoms with Gasteiger partial charge in [0.05, 0.1) is 9.90 Å². The van der Waals surface area contributed by atoms with Gasteiger partial charge in [-0.3, -0.25) is 4.79 Å². The zero-order chi connectivity index (χ0) is 10.1. The van der Waals surface area contributed by atoms with Gasteiger partial charge in [-0.25, -0.2) is 0 Å². The van der Waals surface area contributed by atoms with Crippen molar-refractivity contribution in [2.45, 2.75) is 11.2 Å². The smallest absolute Gasteiger partial charge is 0.254 e. The lowest BCUT2D eigenvalue weighted by Crippen LogP contribution is -2.28. The fourth-order valence-electron chi connectivity index (χ4n) is 1.51. The zero-order valence-electron chi connectivity index (χ0n) is 7.37. The van der Waals surface area contributed by atoms with Crippen molar-refractivity contribution in [3.63, 3.8) is 0 Å². The van der Waals surface area contributed by atoms with Crippen molar-refractivity contribution in [3.8, 4) is 0 Å². The summed E-state index contributed by atoms with van der Waals surface area (Å²) in [5.74, 6) is 0.0927. The number of carbonyl (C=O) groups excluding carboxylic acids is 1. The third kappa shape index (κ3) is 2.12. The van der Waals surface area contributed by atoms with Crippen molar-refractivity contribution in [2.75, 3.05) is 13.1 Å². The number of likely N-dealkylation sites (tertiary alicyclic amines) is 1. The molecule has 1 aliphatic rings. The molecule has 1 unspecified atom stereocenters. The normalized spacial score (nSPS) is 21.6. The van der Waals surface area contributed by atoms with Gasteiger partial charge in [-0.2, -0.15) is 0 Å². The van der Waals surface area contributed by atoms with Gasteiger partial charge in [-0.15, -0.1) is 11.3 Å². The second-order valence-electron chi connectivity index (χ2n) is 3.28. The summed E-state index contributed by atoms with van der Waals surface area (Å²) >= 11 is 10.7. The number of carbonyl (C=O) groups is 1. The van der Waals surface area contributed by atoms with Crippen LogP contribution in [0.3, 0.4) is 0 Å². The van der Waals surface area contributed by atoms with Gasteiger partial charge < -0.3 is 4.90 Å². The van der Waals surface area contributed by atoms with Crippen LogP contribution in [-0.2, 0) is 0 Å². The first-order valence-electron chi connectivity index (χ1n) is 4.34. The minimum Gasteiger partial charge on any atom is -0.337 e. The number of hydrogen-bond acceptors (Lipinski definition) is 2.